The Labute approximate surface area is 192 Å². The van der Waals surface area contributed by atoms with Gasteiger partial charge in [0.2, 0.25) is 5.75 Å². The topological polar surface area (TPSA) is 102 Å². The molecule has 33 heavy (non-hydrogen) atoms. The summed E-state index contributed by atoms with van der Waals surface area (Å²) in [5.41, 5.74) is 0.489. The van der Waals surface area contributed by atoms with E-state index >= 15 is 0 Å². The van der Waals surface area contributed by atoms with Crippen LogP contribution in [0.15, 0.2) is 48.7 Å². The minimum Gasteiger partial charge on any atom is -0.493 e. The molecule has 1 aliphatic rings. The molecule has 10 nitrogen and oxygen atoms in total. The maximum atomic E-state index is 13.1. The number of anilines is 3. The number of ether oxygens (including phenoxy) is 3. The molecule has 1 saturated heterocycles. The molecule has 1 aromatic carbocycles. The van der Waals surface area contributed by atoms with Crippen LogP contribution in [0.2, 0.25) is 0 Å². The normalized spacial score (nSPS) is 13.4. The molecule has 0 aliphatic carbocycles. The van der Waals surface area contributed by atoms with Crippen molar-refractivity contribution in [2.24, 2.45) is 0 Å². The molecule has 0 atom stereocenters. The van der Waals surface area contributed by atoms with Crippen molar-refractivity contribution in [1.82, 2.24) is 20.1 Å². The molecular weight excluding hydrogens is 424 g/mol. The summed E-state index contributed by atoms with van der Waals surface area (Å²) in [6, 6.07) is 12.7. The predicted molar refractivity (Wildman–Crippen MR) is 124 cm³/mol. The molecule has 1 N–H and O–H groups in total. The fourth-order valence-electron chi connectivity index (χ4n) is 3.65. The second-order valence-corrected chi connectivity index (χ2v) is 7.31. The van der Waals surface area contributed by atoms with Gasteiger partial charge in [-0.2, -0.15) is 0 Å². The minimum atomic E-state index is -0.0881. The average Bonchev–Trinajstić information content (AvgIpc) is 2.88. The number of amides is 1. The summed E-state index contributed by atoms with van der Waals surface area (Å²) in [7, 11) is 4.59. The lowest BCUT2D eigenvalue weighted by atomic mass is 10.1. The van der Waals surface area contributed by atoms with Gasteiger partial charge in [-0.3, -0.25) is 4.79 Å². The number of pyridine rings is 1. The number of rotatable bonds is 7. The van der Waals surface area contributed by atoms with Crippen LogP contribution in [0.3, 0.4) is 0 Å². The first-order chi connectivity index (χ1) is 16.1. The molecule has 0 spiro atoms. The van der Waals surface area contributed by atoms with Crippen LogP contribution in [0.5, 0.6) is 17.2 Å². The monoisotopic (exact) mass is 450 g/mol. The largest absolute Gasteiger partial charge is 0.493 e. The minimum absolute atomic E-state index is 0.0881. The molecule has 2 aromatic heterocycles. The number of hydrogen-bond donors (Lipinski definition) is 1. The molecule has 1 fully saturated rings. The van der Waals surface area contributed by atoms with Gasteiger partial charge in [0.25, 0.3) is 5.91 Å². The van der Waals surface area contributed by atoms with Crippen LogP contribution in [0.4, 0.5) is 17.5 Å². The number of nitrogens with zero attached hydrogens (tertiary/aromatic N) is 5. The number of benzene rings is 1. The van der Waals surface area contributed by atoms with Crippen molar-refractivity contribution in [3.63, 3.8) is 0 Å². The first-order valence-electron chi connectivity index (χ1n) is 10.5. The van der Waals surface area contributed by atoms with Gasteiger partial charge < -0.3 is 29.3 Å². The van der Waals surface area contributed by atoms with Crippen molar-refractivity contribution >= 4 is 23.4 Å². The summed E-state index contributed by atoms with van der Waals surface area (Å²) >= 11 is 0. The van der Waals surface area contributed by atoms with Gasteiger partial charge in [0.1, 0.15) is 5.82 Å². The maximum absolute atomic E-state index is 13.1. The first kappa shape index (κ1) is 22.1. The first-order valence-corrected chi connectivity index (χ1v) is 10.5. The Morgan fingerprint density at radius 1 is 0.879 bits per heavy atom. The van der Waals surface area contributed by atoms with E-state index in [-0.39, 0.29) is 5.91 Å². The van der Waals surface area contributed by atoms with Crippen LogP contribution in [0.25, 0.3) is 0 Å². The number of hydrogen-bond acceptors (Lipinski definition) is 9. The van der Waals surface area contributed by atoms with Crippen molar-refractivity contribution in [2.75, 3.05) is 57.7 Å². The zero-order chi connectivity index (χ0) is 23.2. The van der Waals surface area contributed by atoms with Crippen LogP contribution in [-0.2, 0) is 0 Å². The third kappa shape index (κ3) is 4.89. The Morgan fingerprint density at radius 3 is 2.15 bits per heavy atom. The second kappa shape index (κ2) is 10.0. The molecule has 0 saturated carbocycles. The van der Waals surface area contributed by atoms with Crippen molar-refractivity contribution < 1.29 is 19.0 Å². The highest BCUT2D eigenvalue weighted by Crippen LogP contribution is 2.38. The highest BCUT2D eigenvalue weighted by atomic mass is 16.5. The Morgan fingerprint density at radius 2 is 1.61 bits per heavy atom. The van der Waals surface area contributed by atoms with Crippen molar-refractivity contribution in [1.29, 1.82) is 0 Å². The van der Waals surface area contributed by atoms with E-state index in [0.29, 0.717) is 60.6 Å². The predicted octanol–water partition coefficient (Wildman–Crippen LogP) is 2.60. The maximum Gasteiger partial charge on any atom is 0.254 e. The summed E-state index contributed by atoms with van der Waals surface area (Å²) in [5.74, 6) is 3.37. The van der Waals surface area contributed by atoms with E-state index in [1.54, 1.807) is 18.3 Å². The molecule has 4 rings (SSSR count). The highest BCUT2D eigenvalue weighted by molar-refractivity contribution is 5.95. The summed E-state index contributed by atoms with van der Waals surface area (Å²) in [4.78, 5) is 21.2. The van der Waals surface area contributed by atoms with E-state index in [2.05, 4.69) is 25.4 Å². The fourth-order valence-corrected chi connectivity index (χ4v) is 3.65. The van der Waals surface area contributed by atoms with E-state index in [1.807, 2.05) is 35.2 Å². The van der Waals surface area contributed by atoms with Crippen LogP contribution >= 0.6 is 0 Å². The van der Waals surface area contributed by atoms with Gasteiger partial charge in [0.05, 0.1) is 21.3 Å². The molecule has 10 heteroatoms. The third-order valence-corrected chi connectivity index (χ3v) is 5.37. The van der Waals surface area contributed by atoms with Crippen molar-refractivity contribution in [2.45, 2.75) is 0 Å². The van der Waals surface area contributed by atoms with E-state index < -0.39 is 0 Å². The quantitative estimate of drug-likeness (QED) is 0.582. The zero-order valence-corrected chi connectivity index (χ0v) is 18.8. The number of methoxy groups -OCH3 is 3. The average molecular weight is 450 g/mol. The Kier molecular flexibility index (Phi) is 6.72. The van der Waals surface area contributed by atoms with Crippen LogP contribution in [0, 0.1) is 0 Å². The SMILES string of the molecule is COc1cc(C(=O)N2CCN(c3ccc(Nc4ccccn4)nn3)CC2)cc(OC)c1OC. The molecule has 1 amide bonds. The molecule has 1 aliphatic heterocycles. The van der Waals surface area contributed by atoms with Crippen molar-refractivity contribution in [3.05, 3.63) is 54.2 Å². The van der Waals surface area contributed by atoms with Gasteiger partial charge in [-0.25, -0.2) is 4.98 Å². The lowest BCUT2D eigenvalue weighted by Crippen LogP contribution is -2.49. The molecule has 0 bridgehead atoms. The van der Waals surface area contributed by atoms with E-state index in [1.165, 1.54) is 21.3 Å². The van der Waals surface area contributed by atoms with Gasteiger partial charge in [-0.15, -0.1) is 10.2 Å². The number of piperazine rings is 1. The molecule has 0 radical (unpaired) electrons. The van der Waals surface area contributed by atoms with Gasteiger partial charge in [-0.1, -0.05) is 6.07 Å². The molecular formula is C23H26N6O4. The number of carbonyl (C=O) groups is 1. The second-order valence-electron chi connectivity index (χ2n) is 7.31. The smallest absolute Gasteiger partial charge is 0.254 e. The van der Waals surface area contributed by atoms with Gasteiger partial charge in [-0.05, 0) is 36.4 Å². The van der Waals surface area contributed by atoms with Crippen molar-refractivity contribution in [3.8, 4) is 17.2 Å². The van der Waals surface area contributed by atoms with Crippen LogP contribution in [-0.4, -0.2) is 73.5 Å². The zero-order valence-electron chi connectivity index (χ0n) is 18.8. The standard InChI is InChI=1S/C23H26N6O4/c1-31-17-14-16(15-18(32-2)22(17)33-3)23(30)29-12-10-28(11-13-29)21-8-7-20(26-27-21)25-19-6-4-5-9-24-19/h4-9,14-15H,10-13H2,1-3H3,(H,24,25,26). The van der Waals surface area contributed by atoms with E-state index in [4.69, 9.17) is 14.2 Å². The summed E-state index contributed by atoms with van der Waals surface area (Å²) < 4.78 is 16.1. The fraction of sp³-hybridized carbons (Fsp3) is 0.304. The molecule has 172 valence electrons. The summed E-state index contributed by atoms with van der Waals surface area (Å²) in [6.45, 7) is 2.42. The Hall–Kier alpha value is -4.08. The number of carbonyl (C=O) groups excluding carboxylic acids is 1. The summed E-state index contributed by atoms with van der Waals surface area (Å²) in [6.07, 6.45) is 1.71. The van der Waals surface area contributed by atoms with E-state index in [0.717, 1.165) is 5.82 Å². The highest BCUT2D eigenvalue weighted by Gasteiger charge is 2.25. The van der Waals surface area contributed by atoms with Gasteiger partial charge >= 0.3 is 0 Å². The lowest BCUT2D eigenvalue weighted by molar-refractivity contribution is 0.0745. The Balaban J connectivity index is 1.39. The number of nitrogens with one attached hydrogen (secondary N) is 1. The number of aromatic nitrogens is 3. The molecule has 3 aromatic rings. The summed E-state index contributed by atoms with van der Waals surface area (Å²) in [5, 5.41) is 11.7. The van der Waals surface area contributed by atoms with Crippen LogP contribution in [0.1, 0.15) is 10.4 Å². The molecule has 3 heterocycles. The third-order valence-electron chi connectivity index (χ3n) is 5.37. The van der Waals surface area contributed by atoms with E-state index in [9.17, 15) is 4.79 Å². The molecule has 0 unspecified atom stereocenters. The Bertz CT molecular complexity index is 1060. The van der Waals surface area contributed by atoms with Gasteiger partial charge in [0.15, 0.2) is 23.1 Å². The van der Waals surface area contributed by atoms with Crippen LogP contribution < -0.4 is 24.4 Å². The van der Waals surface area contributed by atoms with Gasteiger partial charge in [0, 0.05) is 37.9 Å². The lowest BCUT2D eigenvalue weighted by Gasteiger charge is -2.35.